The first-order valence-corrected chi connectivity index (χ1v) is 10.6. The Bertz CT molecular complexity index is 1120. The van der Waals surface area contributed by atoms with Gasteiger partial charge in [-0.25, -0.2) is 0 Å². The number of primary amides is 1. The number of hydrogen-bond donors (Lipinski definition) is 2. The van der Waals surface area contributed by atoms with Gasteiger partial charge in [0.15, 0.2) is 0 Å². The van der Waals surface area contributed by atoms with Crippen molar-refractivity contribution in [2.75, 3.05) is 0 Å². The summed E-state index contributed by atoms with van der Waals surface area (Å²) in [6, 6.07) is 24.7. The SMILES string of the molecule is NC(=O)[C@@H]1Cc2ccccc2CN1C(=O)C[C@@H](NC(=O)c1ccccc1)c1ccccc1. The first-order valence-electron chi connectivity index (χ1n) is 10.6. The number of nitrogens with one attached hydrogen (secondary N) is 1. The highest BCUT2D eigenvalue weighted by Crippen LogP contribution is 2.26. The lowest BCUT2D eigenvalue weighted by Crippen LogP contribution is -2.51. The lowest BCUT2D eigenvalue weighted by molar-refractivity contribution is -0.141. The lowest BCUT2D eigenvalue weighted by atomic mass is 9.92. The predicted molar refractivity (Wildman–Crippen MR) is 121 cm³/mol. The molecule has 0 aliphatic carbocycles. The molecule has 1 heterocycles. The van der Waals surface area contributed by atoms with Crippen LogP contribution in [0.4, 0.5) is 0 Å². The van der Waals surface area contributed by atoms with Crippen molar-refractivity contribution in [1.82, 2.24) is 10.2 Å². The van der Waals surface area contributed by atoms with Crippen molar-refractivity contribution in [2.24, 2.45) is 5.73 Å². The van der Waals surface area contributed by atoms with E-state index in [1.807, 2.05) is 60.7 Å². The van der Waals surface area contributed by atoms with Gasteiger partial charge in [-0.15, -0.1) is 0 Å². The van der Waals surface area contributed by atoms with E-state index in [-0.39, 0.29) is 18.2 Å². The first kappa shape index (κ1) is 21.3. The highest BCUT2D eigenvalue weighted by atomic mass is 16.2. The normalized spacial score (nSPS) is 16.0. The van der Waals surface area contributed by atoms with Crippen molar-refractivity contribution >= 4 is 17.7 Å². The Kier molecular flexibility index (Phi) is 6.31. The average molecular weight is 428 g/mol. The standard InChI is InChI=1S/C26H25N3O3/c27-25(31)23-15-20-13-7-8-14-21(20)17-29(23)24(30)16-22(18-9-3-1-4-10-18)28-26(32)19-11-5-2-6-12-19/h1-14,22-23H,15-17H2,(H2,27,31)(H,28,32)/t22-,23+/m1/s1. The Morgan fingerprint density at radius 2 is 1.47 bits per heavy atom. The van der Waals surface area contributed by atoms with Gasteiger partial charge in [0.1, 0.15) is 6.04 Å². The molecule has 0 saturated carbocycles. The Morgan fingerprint density at radius 1 is 0.875 bits per heavy atom. The third-order valence-corrected chi connectivity index (χ3v) is 5.82. The number of carbonyl (C=O) groups is 3. The number of rotatable bonds is 6. The van der Waals surface area contributed by atoms with E-state index in [2.05, 4.69) is 5.32 Å². The van der Waals surface area contributed by atoms with Crippen LogP contribution in [0, 0.1) is 0 Å². The van der Waals surface area contributed by atoms with Gasteiger partial charge in [0.25, 0.3) is 5.91 Å². The summed E-state index contributed by atoms with van der Waals surface area (Å²) in [6.07, 6.45) is 0.415. The number of amides is 3. The number of nitrogens with zero attached hydrogens (tertiary/aromatic N) is 1. The fraction of sp³-hybridized carbons (Fsp3) is 0.192. The van der Waals surface area contributed by atoms with E-state index in [9.17, 15) is 14.4 Å². The fourth-order valence-electron chi connectivity index (χ4n) is 4.10. The van der Waals surface area contributed by atoms with Crippen molar-refractivity contribution in [3.8, 4) is 0 Å². The number of hydrogen-bond acceptors (Lipinski definition) is 3. The highest BCUT2D eigenvalue weighted by Gasteiger charge is 2.34. The predicted octanol–water partition coefficient (Wildman–Crippen LogP) is 2.99. The fourth-order valence-corrected chi connectivity index (χ4v) is 4.10. The molecule has 4 rings (SSSR count). The molecular weight excluding hydrogens is 402 g/mol. The molecule has 0 fully saturated rings. The van der Waals surface area contributed by atoms with Crippen LogP contribution in [0.1, 0.15) is 39.5 Å². The van der Waals surface area contributed by atoms with Crippen LogP contribution in [0.2, 0.25) is 0 Å². The van der Waals surface area contributed by atoms with E-state index in [4.69, 9.17) is 5.73 Å². The Balaban J connectivity index is 1.58. The van der Waals surface area contributed by atoms with Gasteiger partial charge in [-0.05, 0) is 28.8 Å². The first-order chi connectivity index (χ1) is 15.5. The van der Waals surface area contributed by atoms with E-state index in [1.165, 1.54) is 4.90 Å². The van der Waals surface area contributed by atoms with E-state index in [1.54, 1.807) is 24.3 Å². The van der Waals surface area contributed by atoms with Crippen LogP contribution in [0.25, 0.3) is 0 Å². The molecule has 0 saturated heterocycles. The van der Waals surface area contributed by atoms with Gasteiger partial charge in [-0.1, -0.05) is 72.8 Å². The second-order valence-electron chi connectivity index (χ2n) is 7.92. The third-order valence-electron chi connectivity index (χ3n) is 5.82. The maximum absolute atomic E-state index is 13.4. The molecular formula is C26H25N3O3. The Morgan fingerprint density at radius 3 is 2.12 bits per heavy atom. The van der Waals surface area contributed by atoms with Crippen LogP contribution in [0.5, 0.6) is 0 Å². The minimum Gasteiger partial charge on any atom is -0.368 e. The molecule has 6 nitrogen and oxygen atoms in total. The molecule has 3 N–H and O–H groups in total. The largest absolute Gasteiger partial charge is 0.368 e. The summed E-state index contributed by atoms with van der Waals surface area (Å²) in [5.41, 5.74) is 9.01. The quantitative estimate of drug-likeness (QED) is 0.633. The monoisotopic (exact) mass is 427 g/mol. The second kappa shape index (κ2) is 9.47. The summed E-state index contributed by atoms with van der Waals surface area (Å²) in [5.74, 6) is -1.02. The van der Waals surface area contributed by atoms with Crippen LogP contribution in [-0.4, -0.2) is 28.7 Å². The van der Waals surface area contributed by atoms with Gasteiger partial charge in [0, 0.05) is 18.5 Å². The molecule has 0 spiro atoms. The molecule has 1 aliphatic heterocycles. The highest BCUT2D eigenvalue weighted by molar-refractivity contribution is 5.95. The summed E-state index contributed by atoms with van der Waals surface area (Å²) < 4.78 is 0. The second-order valence-corrected chi connectivity index (χ2v) is 7.92. The molecule has 0 unspecified atom stereocenters. The maximum Gasteiger partial charge on any atom is 0.251 e. The van der Waals surface area contributed by atoms with Crippen LogP contribution < -0.4 is 11.1 Å². The molecule has 3 amide bonds. The average Bonchev–Trinajstić information content (AvgIpc) is 2.83. The zero-order chi connectivity index (χ0) is 22.5. The minimum atomic E-state index is -0.710. The van der Waals surface area contributed by atoms with Gasteiger partial charge in [0.05, 0.1) is 12.5 Å². The van der Waals surface area contributed by atoms with Crippen LogP contribution in [0.15, 0.2) is 84.9 Å². The summed E-state index contributed by atoms with van der Waals surface area (Å²) in [7, 11) is 0. The zero-order valence-corrected chi connectivity index (χ0v) is 17.6. The van der Waals surface area contributed by atoms with Crippen molar-refractivity contribution < 1.29 is 14.4 Å². The lowest BCUT2D eigenvalue weighted by Gasteiger charge is -2.36. The van der Waals surface area contributed by atoms with Crippen LogP contribution in [0.3, 0.4) is 0 Å². The smallest absolute Gasteiger partial charge is 0.251 e. The van der Waals surface area contributed by atoms with E-state index in [0.717, 1.165) is 16.7 Å². The summed E-state index contributed by atoms with van der Waals surface area (Å²) in [6.45, 7) is 0.316. The summed E-state index contributed by atoms with van der Waals surface area (Å²) >= 11 is 0. The number of nitrogens with two attached hydrogens (primary N) is 1. The topological polar surface area (TPSA) is 92.5 Å². The summed E-state index contributed by atoms with van der Waals surface area (Å²) in [5, 5.41) is 2.98. The number of fused-ring (bicyclic) bond motifs is 1. The van der Waals surface area contributed by atoms with Crippen LogP contribution in [-0.2, 0) is 22.6 Å². The third kappa shape index (κ3) is 4.70. The Labute approximate surface area is 187 Å². The summed E-state index contributed by atoms with van der Waals surface area (Å²) in [4.78, 5) is 39.9. The van der Waals surface area contributed by atoms with Crippen molar-refractivity contribution in [3.63, 3.8) is 0 Å². The van der Waals surface area contributed by atoms with Gasteiger partial charge in [-0.2, -0.15) is 0 Å². The molecule has 0 bridgehead atoms. The van der Waals surface area contributed by atoms with E-state index >= 15 is 0 Å². The molecule has 162 valence electrons. The molecule has 0 aromatic heterocycles. The van der Waals surface area contributed by atoms with E-state index < -0.39 is 18.0 Å². The number of benzene rings is 3. The molecule has 2 atom stereocenters. The van der Waals surface area contributed by atoms with Gasteiger partial charge in [0.2, 0.25) is 11.8 Å². The molecule has 32 heavy (non-hydrogen) atoms. The van der Waals surface area contributed by atoms with Crippen LogP contribution >= 0.6 is 0 Å². The van der Waals surface area contributed by atoms with Crippen molar-refractivity contribution in [2.45, 2.75) is 31.5 Å². The molecule has 1 aliphatic rings. The zero-order valence-electron chi connectivity index (χ0n) is 17.6. The van der Waals surface area contributed by atoms with Crippen molar-refractivity contribution in [3.05, 3.63) is 107 Å². The van der Waals surface area contributed by atoms with E-state index in [0.29, 0.717) is 18.5 Å². The van der Waals surface area contributed by atoms with Gasteiger partial charge >= 0.3 is 0 Å². The Hall–Kier alpha value is -3.93. The van der Waals surface area contributed by atoms with Crippen molar-refractivity contribution in [1.29, 1.82) is 0 Å². The maximum atomic E-state index is 13.4. The molecule has 6 heteroatoms. The molecule has 3 aromatic rings. The number of carbonyl (C=O) groups excluding carboxylic acids is 3. The van der Waals surface area contributed by atoms with Gasteiger partial charge < -0.3 is 16.0 Å². The van der Waals surface area contributed by atoms with Gasteiger partial charge in [-0.3, -0.25) is 14.4 Å². The molecule has 0 radical (unpaired) electrons. The molecule has 3 aromatic carbocycles. The minimum absolute atomic E-state index is 0.0224.